The molecule has 242 valence electrons. The van der Waals surface area contributed by atoms with Crippen molar-refractivity contribution in [3.63, 3.8) is 0 Å². The number of H-pyrrole nitrogens is 1. The molecule has 3 saturated heterocycles. The highest BCUT2D eigenvalue weighted by molar-refractivity contribution is 7.51. The van der Waals surface area contributed by atoms with Crippen molar-refractivity contribution in [3.05, 3.63) is 29.3 Å². The van der Waals surface area contributed by atoms with Gasteiger partial charge in [0.15, 0.2) is 35.1 Å². The zero-order valence-corrected chi connectivity index (χ0v) is 24.3. The number of nitrogens with zero attached hydrogens (tertiary/aromatic N) is 7. The molecule has 0 saturated carbocycles. The molecular weight excluding hydrogens is 648 g/mol. The first kappa shape index (κ1) is 30.2. The van der Waals surface area contributed by atoms with Crippen molar-refractivity contribution in [2.24, 2.45) is 5.50 Å². The van der Waals surface area contributed by atoms with E-state index in [0.29, 0.717) is 0 Å². The number of aromatic amines is 1. The third kappa shape index (κ3) is 5.31. The number of ether oxygens (including phenoxy) is 2. The van der Waals surface area contributed by atoms with Crippen LogP contribution in [0.3, 0.4) is 0 Å². The highest BCUT2D eigenvalue weighted by atomic mass is 31.2. The van der Waals surface area contributed by atoms with Gasteiger partial charge in [-0.05, 0) is 0 Å². The largest absolute Gasteiger partial charge is 0.472 e. The summed E-state index contributed by atoms with van der Waals surface area (Å²) < 4.78 is 62.0. The molecule has 25 heteroatoms. The lowest BCUT2D eigenvalue weighted by atomic mass is 10.1. The summed E-state index contributed by atoms with van der Waals surface area (Å²) >= 11 is 0. The Morgan fingerprint density at radius 2 is 1.56 bits per heavy atom. The minimum atomic E-state index is -5.03. The maximum absolute atomic E-state index is 13.4. The Hall–Kier alpha value is -3.44. The number of phosphoric acid groups is 1. The number of aliphatic hydroxyl groups is 2. The van der Waals surface area contributed by atoms with Crippen molar-refractivity contribution < 1.29 is 51.8 Å². The van der Waals surface area contributed by atoms with E-state index in [-0.39, 0.29) is 34.1 Å². The molecule has 0 aromatic carbocycles. The summed E-state index contributed by atoms with van der Waals surface area (Å²) in [5.74, 6) is -0.209. The average Bonchev–Trinajstić information content (AvgIpc) is 3.72. The van der Waals surface area contributed by atoms with E-state index in [1.165, 1.54) is 15.5 Å². The van der Waals surface area contributed by atoms with Crippen molar-refractivity contribution in [2.75, 3.05) is 24.7 Å². The van der Waals surface area contributed by atoms with Crippen LogP contribution in [0.2, 0.25) is 0 Å². The highest BCUT2D eigenvalue weighted by Gasteiger charge is 2.53. The Balaban J connectivity index is 1.21. The SMILES string of the molecule is Nc1nc2c(ncn2[C@@H]2O[C@@H]3COP(=O)(O)OC4[C@@H](COP(N)(=O)O[C@H]2C3O)O[C@@H](n2cnc3c(N)ncnc32)[C@H]4O)c(=O)[nH]1. The zero-order valence-electron chi connectivity index (χ0n) is 22.5. The fourth-order valence-electron chi connectivity index (χ4n) is 5.32. The third-order valence-electron chi connectivity index (χ3n) is 7.35. The van der Waals surface area contributed by atoms with Crippen LogP contribution < -0.4 is 22.5 Å². The topological polar surface area (TPSA) is 335 Å². The summed E-state index contributed by atoms with van der Waals surface area (Å²) in [4.78, 5) is 45.3. The number of rotatable bonds is 2. The summed E-state index contributed by atoms with van der Waals surface area (Å²) in [6.45, 7) is -1.49. The molecule has 0 aliphatic carbocycles. The molecule has 10 atom stereocenters. The molecule has 45 heavy (non-hydrogen) atoms. The molecule has 4 aromatic rings. The first-order chi connectivity index (χ1) is 21.3. The van der Waals surface area contributed by atoms with Crippen LogP contribution in [0.15, 0.2) is 23.8 Å². The summed E-state index contributed by atoms with van der Waals surface area (Å²) in [6, 6.07) is 0. The molecule has 23 nitrogen and oxygen atoms in total. The van der Waals surface area contributed by atoms with Crippen molar-refractivity contribution >= 4 is 49.7 Å². The molecule has 2 bridgehead atoms. The molecular formula is C20H25N11O12P2. The van der Waals surface area contributed by atoms with Crippen LogP contribution in [0, 0.1) is 0 Å². The number of aromatic nitrogens is 8. The van der Waals surface area contributed by atoms with E-state index >= 15 is 0 Å². The summed E-state index contributed by atoms with van der Waals surface area (Å²) in [7, 11) is -9.65. The van der Waals surface area contributed by atoms with Gasteiger partial charge in [0.2, 0.25) is 5.95 Å². The van der Waals surface area contributed by atoms with Gasteiger partial charge in [0, 0.05) is 0 Å². The molecule has 0 spiro atoms. The Morgan fingerprint density at radius 1 is 0.867 bits per heavy atom. The molecule has 10 N–H and O–H groups in total. The number of nitrogens with two attached hydrogens (primary N) is 3. The average molecular weight is 673 g/mol. The number of nitrogen functional groups attached to an aromatic ring is 2. The number of hydrogen-bond donors (Lipinski definition) is 7. The summed E-state index contributed by atoms with van der Waals surface area (Å²) in [5.41, 5.74) is 16.9. The summed E-state index contributed by atoms with van der Waals surface area (Å²) in [5, 5.41) is 22.2. The van der Waals surface area contributed by atoms with Crippen LogP contribution in [-0.2, 0) is 36.7 Å². The number of nitrogens with one attached hydrogen (secondary N) is 1. The van der Waals surface area contributed by atoms with Gasteiger partial charge in [0.1, 0.15) is 48.5 Å². The first-order valence-electron chi connectivity index (χ1n) is 13.0. The van der Waals surface area contributed by atoms with Crippen molar-refractivity contribution in [3.8, 4) is 0 Å². The predicted octanol–water partition coefficient (Wildman–Crippen LogP) is -2.38. The highest BCUT2D eigenvalue weighted by Crippen LogP contribution is 2.52. The van der Waals surface area contributed by atoms with E-state index < -0.39 is 83.4 Å². The second-order valence-corrected chi connectivity index (χ2v) is 13.2. The molecule has 7 rings (SSSR count). The molecule has 0 amide bonds. The van der Waals surface area contributed by atoms with E-state index in [1.807, 2.05) is 0 Å². The summed E-state index contributed by atoms with van der Waals surface area (Å²) in [6.07, 6.45) is -8.57. The number of hydrogen-bond acceptors (Lipinski definition) is 18. The normalized spacial score (nSPS) is 37.7. The van der Waals surface area contributed by atoms with Crippen LogP contribution in [0.1, 0.15) is 12.5 Å². The van der Waals surface area contributed by atoms with Gasteiger partial charge in [-0.3, -0.25) is 37.0 Å². The Labute approximate surface area is 249 Å². The van der Waals surface area contributed by atoms with Crippen LogP contribution >= 0.6 is 15.6 Å². The minimum Gasteiger partial charge on any atom is -0.387 e. The molecule has 3 aliphatic rings. The monoisotopic (exact) mass is 673 g/mol. The molecule has 3 fully saturated rings. The lowest BCUT2D eigenvalue weighted by Gasteiger charge is -2.26. The Bertz CT molecular complexity index is 1940. The van der Waals surface area contributed by atoms with E-state index in [2.05, 4.69) is 29.9 Å². The zero-order chi connectivity index (χ0) is 31.8. The second-order valence-electron chi connectivity index (χ2n) is 10.2. The molecule has 3 aliphatic heterocycles. The molecule has 7 heterocycles. The quantitative estimate of drug-likeness (QED) is 0.109. The van der Waals surface area contributed by atoms with Gasteiger partial charge in [-0.1, -0.05) is 0 Å². The van der Waals surface area contributed by atoms with Crippen molar-refractivity contribution in [2.45, 2.75) is 49.1 Å². The lowest BCUT2D eigenvalue weighted by Crippen LogP contribution is -2.36. The van der Waals surface area contributed by atoms with Gasteiger partial charge in [-0.15, -0.1) is 0 Å². The van der Waals surface area contributed by atoms with Gasteiger partial charge >= 0.3 is 15.6 Å². The van der Waals surface area contributed by atoms with Crippen LogP contribution in [0.5, 0.6) is 0 Å². The molecule has 4 unspecified atom stereocenters. The maximum Gasteiger partial charge on any atom is 0.472 e. The Kier molecular flexibility index (Phi) is 7.27. The van der Waals surface area contributed by atoms with E-state index in [1.54, 1.807) is 0 Å². The van der Waals surface area contributed by atoms with E-state index in [4.69, 9.17) is 44.5 Å². The van der Waals surface area contributed by atoms with Crippen LogP contribution in [0.4, 0.5) is 11.8 Å². The predicted molar refractivity (Wildman–Crippen MR) is 145 cm³/mol. The van der Waals surface area contributed by atoms with Gasteiger partial charge in [0.05, 0.1) is 25.9 Å². The number of aliphatic hydroxyl groups excluding tert-OH is 2. The lowest BCUT2D eigenvalue weighted by molar-refractivity contribution is -0.0631. The van der Waals surface area contributed by atoms with E-state index in [0.717, 1.165) is 12.7 Å². The standard InChI is InChI=1S/C20H25N11O12P2/c21-14-8-15(25-3-24-14)30(4-26-8)18-11(33)12-7(41-18)2-38-44(23,35)42-13-10(32)6(1-39-45(36,37)43-12)40-19(13)31-5-27-9-16(31)28-20(22)29-17(9)34/h3-7,10-13,18-19,32-33H,1-2H2,(H2,23,35)(H,36,37)(H2,21,24,25)(H3,22,28,29,34)/t6-,7-,10?,11+,12?,13+,18-,19-,44?/m1/s1. The third-order valence-corrected chi connectivity index (χ3v) is 9.38. The first-order valence-corrected chi connectivity index (χ1v) is 16.1. The number of phosphoric ester groups is 1. The van der Waals surface area contributed by atoms with Crippen LogP contribution in [-0.4, -0.2) is 104 Å². The Morgan fingerprint density at radius 3 is 2.33 bits per heavy atom. The number of anilines is 2. The van der Waals surface area contributed by atoms with Gasteiger partial charge in [0.25, 0.3) is 5.56 Å². The number of imidazole rings is 2. The second kappa shape index (κ2) is 10.8. The maximum atomic E-state index is 13.4. The van der Waals surface area contributed by atoms with E-state index in [9.17, 15) is 29.0 Å². The van der Waals surface area contributed by atoms with Gasteiger partial charge in [-0.2, -0.15) is 4.98 Å². The molecule has 4 aromatic heterocycles. The van der Waals surface area contributed by atoms with Gasteiger partial charge in [-0.25, -0.2) is 34.6 Å². The van der Waals surface area contributed by atoms with Crippen molar-refractivity contribution in [1.82, 2.24) is 39.0 Å². The van der Waals surface area contributed by atoms with Gasteiger partial charge < -0.3 is 36.0 Å². The number of fused-ring (bicyclic) bond motifs is 5. The van der Waals surface area contributed by atoms with Crippen molar-refractivity contribution in [1.29, 1.82) is 0 Å². The molecule has 0 radical (unpaired) electrons. The fourth-order valence-corrected chi connectivity index (χ4v) is 7.27. The minimum absolute atomic E-state index is 0.0509. The fraction of sp³-hybridized carbons (Fsp3) is 0.500. The van der Waals surface area contributed by atoms with Crippen LogP contribution in [0.25, 0.3) is 22.3 Å². The smallest absolute Gasteiger partial charge is 0.387 e.